The van der Waals surface area contributed by atoms with Gasteiger partial charge in [0.05, 0.1) is 12.1 Å². The minimum Gasteiger partial charge on any atom is -0.841 e. The van der Waals surface area contributed by atoms with Gasteiger partial charge in [-0.05, 0) is 24.1 Å². The Morgan fingerprint density at radius 1 is 0.964 bits per heavy atom. The third-order valence-electron chi connectivity index (χ3n) is 4.69. The molecule has 28 heavy (non-hydrogen) atoms. The van der Waals surface area contributed by atoms with Crippen molar-refractivity contribution in [2.75, 3.05) is 0 Å². The third-order valence-corrected chi connectivity index (χ3v) is 4.69. The molecule has 4 rings (SSSR count). The second-order valence-electron chi connectivity index (χ2n) is 6.48. The molecule has 0 saturated heterocycles. The average Bonchev–Trinajstić information content (AvgIpc) is 2.75. The number of aromatic nitrogens is 2. The first-order valence-corrected chi connectivity index (χ1v) is 9.30. The van der Waals surface area contributed by atoms with E-state index in [-0.39, 0.29) is 17.0 Å². The second kappa shape index (κ2) is 7.53. The number of nitrogens with zero attached hydrogens (tertiary/aromatic N) is 2. The summed E-state index contributed by atoms with van der Waals surface area (Å²) in [5.74, 6) is -0.313. The van der Waals surface area contributed by atoms with Gasteiger partial charge in [0, 0.05) is 11.6 Å². The van der Waals surface area contributed by atoms with Crippen LogP contribution in [0.1, 0.15) is 18.9 Å². The number of hydrogen-bond donors (Lipinski definition) is 0. The summed E-state index contributed by atoms with van der Waals surface area (Å²) < 4.78 is 3.18. The first kappa shape index (κ1) is 17.7. The smallest absolute Gasteiger partial charge is 0.350 e. The maximum atomic E-state index is 13.6. The quantitative estimate of drug-likeness (QED) is 0.517. The largest absolute Gasteiger partial charge is 0.841 e. The molecule has 2 aromatic carbocycles. The van der Waals surface area contributed by atoms with Gasteiger partial charge >= 0.3 is 5.56 Å². The maximum absolute atomic E-state index is 13.6. The first-order chi connectivity index (χ1) is 13.7. The second-order valence-corrected chi connectivity index (χ2v) is 6.48. The van der Waals surface area contributed by atoms with E-state index in [0.717, 1.165) is 17.7 Å². The van der Waals surface area contributed by atoms with Gasteiger partial charge in [-0.2, -0.15) is 4.57 Å². The monoisotopic (exact) mass is 368 g/mol. The van der Waals surface area contributed by atoms with E-state index in [1.54, 1.807) is 35.0 Å². The van der Waals surface area contributed by atoms with Gasteiger partial charge in [0.25, 0.3) is 5.65 Å². The van der Waals surface area contributed by atoms with E-state index in [1.165, 1.54) is 4.40 Å². The summed E-state index contributed by atoms with van der Waals surface area (Å²) in [7, 11) is 0. The van der Waals surface area contributed by atoms with Crippen LogP contribution in [0.15, 0.2) is 95.9 Å². The van der Waals surface area contributed by atoms with Gasteiger partial charge in [-0.15, -0.1) is 0 Å². The minimum absolute atomic E-state index is 0.169. The van der Waals surface area contributed by atoms with Crippen molar-refractivity contribution < 1.29 is 9.51 Å². The molecule has 0 aliphatic heterocycles. The zero-order chi connectivity index (χ0) is 19.5. The summed E-state index contributed by atoms with van der Waals surface area (Å²) in [5, 5.41) is 13.1. The van der Waals surface area contributed by atoms with E-state index in [4.69, 9.17) is 0 Å². The Labute approximate surface area is 163 Å². The molecular formula is C24H20N2O2. The van der Waals surface area contributed by atoms with E-state index in [1.807, 2.05) is 67.6 Å². The maximum Gasteiger partial charge on any atom is 0.350 e. The van der Waals surface area contributed by atoms with E-state index in [0.29, 0.717) is 11.2 Å². The summed E-state index contributed by atoms with van der Waals surface area (Å²) in [6.07, 6.45) is 4.48. The Hall–Kier alpha value is -3.66. The van der Waals surface area contributed by atoms with Crippen molar-refractivity contribution in [2.45, 2.75) is 13.3 Å². The molecule has 0 bridgehead atoms. The first-order valence-electron chi connectivity index (χ1n) is 9.30. The molecule has 0 fully saturated rings. The van der Waals surface area contributed by atoms with Crippen LogP contribution in [0.25, 0.3) is 22.5 Å². The van der Waals surface area contributed by atoms with Crippen molar-refractivity contribution in [3.8, 4) is 17.0 Å². The van der Waals surface area contributed by atoms with Gasteiger partial charge in [-0.1, -0.05) is 73.7 Å². The SMILES string of the molecule is CC/C=C(/c1ccccc1)n1c(=O)c(-c2ccccc2)c([O-])[n+]2ccccc12. The molecule has 4 aromatic rings. The highest BCUT2D eigenvalue weighted by Gasteiger charge is 2.23. The van der Waals surface area contributed by atoms with Crippen LogP contribution in [0.2, 0.25) is 0 Å². The molecule has 138 valence electrons. The van der Waals surface area contributed by atoms with Crippen LogP contribution in [-0.2, 0) is 0 Å². The molecule has 2 aromatic heterocycles. The van der Waals surface area contributed by atoms with E-state index in [2.05, 4.69) is 0 Å². The van der Waals surface area contributed by atoms with E-state index >= 15 is 0 Å². The Kier molecular flexibility index (Phi) is 4.77. The Balaban J connectivity index is 2.14. The molecule has 0 atom stereocenters. The highest BCUT2D eigenvalue weighted by Crippen LogP contribution is 2.24. The molecule has 2 heterocycles. The molecule has 0 radical (unpaired) electrons. The zero-order valence-corrected chi connectivity index (χ0v) is 15.6. The van der Waals surface area contributed by atoms with Gasteiger partial charge in [-0.3, -0.25) is 0 Å². The number of fused-ring (bicyclic) bond motifs is 1. The van der Waals surface area contributed by atoms with Crippen LogP contribution in [0.3, 0.4) is 0 Å². The number of hydrogen-bond acceptors (Lipinski definition) is 2. The van der Waals surface area contributed by atoms with Crippen molar-refractivity contribution in [3.05, 3.63) is 107 Å². The van der Waals surface area contributed by atoms with E-state index in [9.17, 15) is 9.90 Å². The lowest BCUT2D eigenvalue weighted by Crippen LogP contribution is -2.38. The van der Waals surface area contributed by atoms with Crippen molar-refractivity contribution in [1.82, 2.24) is 4.57 Å². The predicted molar refractivity (Wildman–Crippen MR) is 109 cm³/mol. The topological polar surface area (TPSA) is 49.2 Å². The molecule has 4 nitrogen and oxygen atoms in total. The number of rotatable bonds is 4. The van der Waals surface area contributed by atoms with Crippen molar-refractivity contribution >= 4 is 11.3 Å². The molecule has 0 N–H and O–H groups in total. The number of benzene rings is 2. The van der Waals surface area contributed by atoms with Crippen LogP contribution >= 0.6 is 0 Å². The molecule has 0 amide bonds. The third kappa shape index (κ3) is 2.99. The van der Waals surface area contributed by atoms with Gasteiger partial charge in [0.15, 0.2) is 0 Å². The highest BCUT2D eigenvalue weighted by atomic mass is 16.3. The average molecular weight is 368 g/mol. The summed E-state index contributed by atoms with van der Waals surface area (Å²) in [6.45, 7) is 2.03. The number of pyridine rings is 1. The summed E-state index contributed by atoms with van der Waals surface area (Å²) >= 11 is 0. The van der Waals surface area contributed by atoms with Crippen LogP contribution in [0.5, 0.6) is 5.88 Å². The molecule has 0 aliphatic carbocycles. The van der Waals surface area contributed by atoms with Crippen molar-refractivity contribution in [2.24, 2.45) is 0 Å². The fraction of sp³-hybridized carbons (Fsp3) is 0.0833. The van der Waals surface area contributed by atoms with Crippen LogP contribution in [0, 0.1) is 0 Å². The normalized spacial score (nSPS) is 11.7. The minimum atomic E-state index is -0.314. The summed E-state index contributed by atoms with van der Waals surface area (Å²) in [6, 6.07) is 24.3. The summed E-state index contributed by atoms with van der Waals surface area (Å²) in [4.78, 5) is 13.6. The lowest BCUT2D eigenvalue weighted by atomic mass is 10.1. The summed E-state index contributed by atoms with van der Waals surface area (Å²) in [5.41, 5.74) is 2.71. The van der Waals surface area contributed by atoms with Crippen LogP contribution in [-0.4, -0.2) is 4.57 Å². The van der Waals surface area contributed by atoms with Crippen LogP contribution in [0.4, 0.5) is 0 Å². The van der Waals surface area contributed by atoms with Gasteiger partial charge < -0.3 is 5.11 Å². The Morgan fingerprint density at radius 2 is 1.61 bits per heavy atom. The number of allylic oxidation sites excluding steroid dienone is 1. The molecule has 0 aliphatic rings. The van der Waals surface area contributed by atoms with Crippen molar-refractivity contribution in [1.29, 1.82) is 0 Å². The molecule has 4 heteroatoms. The molecule has 0 unspecified atom stereocenters. The van der Waals surface area contributed by atoms with E-state index < -0.39 is 0 Å². The van der Waals surface area contributed by atoms with Gasteiger partial charge in [0.1, 0.15) is 11.3 Å². The zero-order valence-electron chi connectivity index (χ0n) is 15.6. The predicted octanol–water partition coefficient (Wildman–Crippen LogP) is 3.63. The fourth-order valence-electron chi connectivity index (χ4n) is 3.44. The van der Waals surface area contributed by atoms with Gasteiger partial charge in [0.2, 0.25) is 0 Å². The molecule has 0 saturated carbocycles. The van der Waals surface area contributed by atoms with Crippen LogP contribution < -0.4 is 15.1 Å². The van der Waals surface area contributed by atoms with Gasteiger partial charge in [-0.25, -0.2) is 9.20 Å². The lowest BCUT2D eigenvalue weighted by Gasteiger charge is -2.16. The molecular weight excluding hydrogens is 348 g/mol. The molecule has 0 spiro atoms. The highest BCUT2D eigenvalue weighted by molar-refractivity contribution is 5.73. The fourth-order valence-corrected chi connectivity index (χ4v) is 3.44. The lowest BCUT2D eigenvalue weighted by molar-refractivity contribution is -0.587. The Bertz CT molecular complexity index is 1210. The van der Waals surface area contributed by atoms with Crippen molar-refractivity contribution in [3.63, 3.8) is 0 Å². The standard InChI is InChI=1S/C24H20N2O2/c1-2-11-20(18-12-5-3-6-13-18)26-21-16-9-10-17-25(21)23(27)22(24(26)28)19-14-7-4-8-15-19/h3-17H,2H2,1H3/b20-11-. The Morgan fingerprint density at radius 3 is 2.29 bits per heavy atom.